The SMILES string of the molecule is C1=C(c2ccccc2)NC(c2cccc3oc4cc(-n5c6ccccc6c6c7ccccc7ccc65)c5ccccc5c4c23)NC1c1ccccc1. The molecule has 4 nitrogen and oxygen atoms in total. The molecule has 52 heavy (non-hydrogen) atoms. The Bertz CT molecular complexity index is 3030. The van der Waals surface area contributed by atoms with Crippen LogP contribution < -0.4 is 10.6 Å². The molecule has 3 heterocycles. The molecule has 4 heteroatoms. The maximum absolute atomic E-state index is 6.86. The minimum absolute atomic E-state index is 0.0193. The second-order valence-electron chi connectivity index (χ2n) is 13.7. The smallest absolute Gasteiger partial charge is 0.138 e. The molecule has 0 fully saturated rings. The Morgan fingerprint density at radius 2 is 1.21 bits per heavy atom. The second-order valence-corrected chi connectivity index (χ2v) is 13.7. The Kier molecular flexibility index (Phi) is 6.42. The third kappa shape index (κ3) is 4.38. The summed E-state index contributed by atoms with van der Waals surface area (Å²) in [6.45, 7) is 0. The van der Waals surface area contributed by atoms with Crippen LogP contribution in [0, 0.1) is 0 Å². The molecular formula is C48H33N3O. The lowest BCUT2D eigenvalue weighted by atomic mass is 9.95. The number of benzene rings is 8. The summed E-state index contributed by atoms with van der Waals surface area (Å²) in [5, 5.41) is 17.4. The van der Waals surface area contributed by atoms with Crippen LogP contribution in [-0.2, 0) is 0 Å². The van der Waals surface area contributed by atoms with Crippen molar-refractivity contribution in [2.24, 2.45) is 0 Å². The number of fused-ring (bicyclic) bond motifs is 10. The highest BCUT2D eigenvalue weighted by atomic mass is 16.3. The molecule has 246 valence electrons. The van der Waals surface area contributed by atoms with Crippen molar-refractivity contribution in [3.63, 3.8) is 0 Å². The molecule has 0 amide bonds. The van der Waals surface area contributed by atoms with Crippen molar-refractivity contribution < 1.29 is 4.42 Å². The minimum Gasteiger partial charge on any atom is -0.456 e. The van der Waals surface area contributed by atoms with Gasteiger partial charge >= 0.3 is 0 Å². The fourth-order valence-corrected chi connectivity index (χ4v) is 8.57. The molecule has 1 aliphatic heterocycles. The maximum atomic E-state index is 6.86. The number of hydrogen-bond acceptors (Lipinski definition) is 3. The van der Waals surface area contributed by atoms with Crippen LogP contribution in [0.15, 0.2) is 180 Å². The van der Waals surface area contributed by atoms with Gasteiger partial charge in [-0.05, 0) is 51.6 Å². The van der Waals surface area contributed by atoms with E-state index in [-0.39, 0.29) is 12.2 Å². The summed E-state index contributed by atoms with van der Waals surface area (Å²) in [4.78, 5) is 0. The fraction of sp³-hybridized carbons (Fsp3) is 0.0417. The predicted octanol–water partition coefficient (Wildman–Crippen LogP) is 12.0. The van der Waals surface area contributed by atoms with Gasteiger partial charge in [0.2, 0.25) is 0 Å². The molecule has 0 saturated heterocycles. The molecule has 0 spiro atoms. The van der Waals surface area contributed by atoms with E-state index in [2.05, 4.69) is 191 Å². The first kappa shape index (κ1) is 29.1. The summed E-state index contributed by atoms with van der Waals surface area (Å²) >= 11 is 0. The van der Waals surface area contributed by atoms with Crippen LogP contribution in [-0.4, -0.2) is 4.57 Å². The molecule has 2 aromatic heterocycles. The molecule has 8 aromatic carbocycles. The molecule has 0 aliphatic carbocycles. The summed E-state index contributed by atoms with van der Waals surface area (Å²) in [5.74, 6) is 0. The van der Waals surface area contributed by atoms with Crippen molar-refractivity contribution in [3.05, 3.63) is 193 Å². The first-order chi connectivity index (χ1) is 25.8. The molecule has 0 bridgehead atoms. The van der Waals surface area contributed by atoms with Crippen LogP contribution >= 0.6 is 0 Å². The van der Waals surface area contributed by atoms with Crippen LogP contribution in [0.3, 0.4) is 0 Å². The van der Waals surface area contributed by atoms with Gasteiger partial charge in [0.1, 0.15) is 17.3 Å². The van der Waals surface area contributed by atoms with Gasteiger partial charge < -0.3 is 14.3 Å². The number of nitrogens with one attached hydrogen (secondary N) is 2. The molecular weight excluding hydrogens is 635 g/mol. The topological polar surface area (TPSA) is 42.1 Å². The van der Waals surface area contributed by atoms with Gasteiger partial charge in [-0.3, -0.25) is 5.32 Å². The highest BCUT2D eigenvalue weighted by molar-refractivity contribution is 6.24. The van der Waals surface area contributed by atoms with Gasteiger partial charge in [0.15, 0.2) is 0 Å². The summed E-state index contributed by atoms with van der Waals surface area (Å²) in [5.41, 5.74) is 9.86. The van der Waals surface area contributed by atoms with E-state index in [1.165, 1.54) is 48.9 Å². The average Bonchev–Trinajstić information content (AvgIpc) is 3.77. The van der Waals surface area contributed by atoms with E-state index in [0.29, 0.717) is 0 Å². The van der Waals surface area contributed by atoms with E-state index in [1.807, 2.05) is 0 Å². The number of nitrogens with zero attached hydrogens (tertiary/aromatic N) is 1. The highest BCUT2D eigenvalue weighted by Gasteiger charge is 2.28. The van der Waals surface area contributed by atoms with Gasteiger partial charge in [0.25, 0.3) is 0 Å². The molecule has 0 saturated carbocycles. The van der Waals surface area contributed by atoms with E-state index >= 15 is 0 Å². The zero-order chi connectivity index (χ0) is 34.2. The zero-order valence-electron chi connectivity index (χ0n) is 28.3. The van der Waals surface area contributed by atoms with Gasteiger partial charge in [-0.15, -0.1) is 0 Å². The standard InChI is InChI=1S/C48H33N3O/c1-3-15-31(16-4-1)38-28-39(32-17-5-2-6-18-32)50-48(49-38)37-23-13-25-43-47(37)46-35-21-10-9-20-34(35)42(29-44(46)52-43)51-40-24-12-11-22-36(40)45-33-19-8-7-14-30(33)26-27-41(45)51/h1-29,38,48-50H. The first-order valence-electron chi connectivity index (χ1n) is 17.9. The van der Waals surface area contributed by atoms with E-state index in [9.17, 15) is 0 Å². The normalized spacial score (nSPS) is 16.3. The van der Waals surface area contributed by atoms with Crippen molar-refractivity contribution in [2.45, 2.75) is 12.2 Å². The van der Waals surface area contributed by atoms with Crippen molar-refractivity contribution in [1.82, 2.24) is 15.2 Å². The largest absolute Gasteiger partial charge is 0.456 e. The molecule has 11 rings (SSSR count). The Hall–Kier alpha value is -6.62. The summed E-state index contributed by atoms with van der Waals surface area (Å²) in [7, 11) is 0. The lowest BCUT2D eigenvalue weighted by molar-refractivity contribution is 0.445. The summed E-state index contributed by atoms with van der Waals surface area (Å²) in [6.07, 6.45) is 2.13. The fourth-order valence-electron chi connectivity index (χ4n) is 8.57. The van der Waals surface area contributed by atoms with Crippen LogP contribution in [0.4, 0.5) is 0 Å². The lowest BCUT2D eigenvalue weighted by Crippen LogP contribution is -2.39. The molecule has 1 aliphatic rings. The van der Waals surface area contributed by atoms with Gasteiger partial charge in [-0.1, -0.05) is 146 Å². The number of hydrogen-bond donors (Lipinski definition) is 2. The van der Waals surface area contributed by atoms with E-state index < -0.39 is 0 Å². The number of furan rings is 1. The molecule has 2 atom stereocenters. The van der Waals surface area contributed by atoms with Gasteiger partial charge in [-0.25, -0.2) is 0 Å². The predicted molar refractivity (Wildman–Crippen MR) is 216 cm³/mol. The van der Waals surface area contributed by atoms with E-state index in [1.54, 1.807) is 0 Å². The van der Waals surface area contributed by atoms with Gasteiger partial charge in [0, 0.05) is 44.3 Å². The van der Waals surface area contributed by atoms with Crippen molar-refractivity contribution >= 4 is 71.0 Å². The number of aromatic nitrogens is 1. The van der Waals surface area contributed by atoms with Crippen LogP contribution in [0.2, 0.25) is 0 Å². The molecule has 2 unspecified atom stereocenters. The first-order valence-corrected chi connectivity index (χ1v) is 17.9. The Morgan fingerprint density at radius 1 is 0.500 bits per heavy atom. The van der Waals surface area contributed by atoms with Gasteiger partial charge in [-0.2, -0.15) is 0 Å². The van der Waals surface area contributed by atoms with E-state index in [4.69, 9.17) is 4.42 Å². The third-order valence-corrected chi connectivity index (χ3v) is 10.9. The quantitative estimate of drug-likeness (QED) is 0.196. The Morgan fingerprint density at radius 3 is 2.06 bits per heavy atom. The average molecular weight is 668 g/mol. The van der Waals surface area contributed by atoms with Crippen LogP contribution in [0.1, 0.15) is 28.9 Å². The Balaban J connectivity index is 1.16. The Labute approximate surface area is 300 Å². The summed E-state index contributed by atoms with van der Waals surface area (Å²) in [6, 6.07) is 60.8. The monoisotopic (exact) mass is 667 g/mol. The molecule has 2 N–H and O–H groups in total. The summed E-state index contributed by atoms with van der Waals surface area (Å²) < 4.78 is 9.29. The maximum Gasteiger partial charge on any atom is 0.138 e. The van der Waals surface area contributed by atoms with Crippen molar-refractivity contribution in [1.29, 1.82) is 0 Å². The van der Waals surface area contributed by atoms with Crippen molar-refractivity contribution in [3.8, 4) is 5.69 Å². The number of para-hydroxylation sites is 1. The third-order valence-electron chi connectivity index (χ3n) is 10.9. The molecule has 10 aromatic rings. The lowest BCUT2D eigenvalue weighted by Gasteiger charge is -2.33. The van der Waals surface area contributed by atoms with Crippen LogP contribution in [0.5, 0.6) is 0 Å². The highest BCUT2D eigenvalue weighted by Crippen LogP contribution is 2.44. The van der Waals surface area contributed by atoms with Crippen LogP contribution in [0.25, 0.3) is 76.7 Å². The minimum atomic E-state index is -0.168. The number of rotatable bonds is 4. The second kappa shape index (κ2) is 11.5. The van der Waals surface area contributed by atoms with Gasteiger partial charge in [0.05, 0.1) is 22.8 Å². The molecule has 0 radical (unpaired) electrons. The zero-order valence-corrected chi connectivity index (χ0v) is 28.3. The van der Waals surface area contributed by atoms with Crippen molar-refractivity contribution in [2.75, 3.05) is 0 Å². The van der Waals surface area contributed by atoms with E-state index in [0.717, 1.165) is 44.4 Å².